The van der Waals surface area contributed by atoms with E-state index in [4.69, 9.17) is 17.2 Å². The number of hydrogen-bond donors (Lipinski definition) is 5. The van der Waals surface area contributed by atoms with Gasteiger partial charge in [-0.05, 0) is 29.7 Å². The van der Waals surface area contributed by atoms with E-state index in [1.165, 1.54) is 12.4 Å². The van der Waals surface area contributed by atoms with Gasteiger partial charge in [0.15, 0.2) is 0 Å². The molecule has 0 saturated carbocycles. The summed E-state index contributed by atoms with van der Waals surface area (Å²) in [6.45, 7) is 1.87. The van der Waals surface area contributed by atoms with Crippen LogP contribution in [-0.2, 0) is 0 Å². The predicted molar refractivity (Wildman–Crippen MR) is 112 cm³/mol. The van der Waals surface area contributed by atoms with Crippen molar-refractivity contribution in [3.05, 3.63) is 53.4 Å². The van der Waals surface area contributed by atoms with Crippen LogP contribution in [0.5, 0.6) is 0 Å². The number of nitrogens with zero attached hydrogens (tertiary/aromatic N) is 3. The van der Waals surface area contributed by atoms with Gasteiger partial charge in [0.2, 0.25) is 0 Å². The predicted octanol–water partition coefficient (Wildman–Crippen LogP) is 0.584. The summed E-state index contributed by atoms with van der Waals surface area (Å²) in [7, 11) is 1.72. The van der Waals surface area contributed by atoms with Crippen molar-refractivity contribution in [2.24, 2.45) is 17.4 Å². The molecule has 1 aliphatic heterocycles. The monoisotopic (exact) mass is 401 g/mol. The van der Waals surface area contributed by atoms with Crippen molar-refractivity contribution < 1.29 is 9.50 Å². The van der Waals surface area contributed by atoms with Gasteiger partial charge in [0.05, 0.1) is 11.7 Å². The van der Waals surface area contributed by atoms with Crippen molar-refractivity contribution in [2.75, 3.05) is 43.9 Å². The molecule has 1 aromatic carbocycles. The molecule has 29 heavy (non-hydrogen) atoms. The van der Waals surface area contributed by atoms with Gasteiger partial charge in [-0.2, -0.15) is 0 Å². The highest BCUT2D eigenvalue weighted by Crippen LogP contribution is 2.31. The highest BCUT2D eigenvalue weighted by Gasteiger charge is 2.24. The third kappa shape index (κ3) is 4.47. The quantitative estimate of drug-likeness (QED) is 0.425. The number of nitrogen functional groups attached to an aromatic ring is 1. The second kappa shape index (κ2) is 9.17. The van der Waals surface area contributed by atoms with Crippen LogP contribution < -0.4 is 27.4 Å². The molecule has 0 spiro atoms. The molecule has 1 aliphatic rings. The molecule has 2 atom stereocenters. The second-order valence-electron chi connectivity index (χ2n) is 7.19. The Morgan fingerprint density at radius 2 is 2.21 bits per heavy atom. The van der Waals surface area contributed by atoms with Gasteiger partial charge in [-0.3, -0.25) is 0 Å². The molecule has 8 N–H and O–H groups in total. The van der Waals surface area contributed by atoms with E-state index in [0.717, 1.165) is 25.3 Å². The minimum atomic E-state index is -0.652. The largest absolute Gasteiger partial charge is 0.398 e. The van der Waals surface area contributed by atoms with Gasteiger partial charge < -0.3 is 32.5 Å². The number of halogens is 1. The maximum absolute atomic E-state index is 14.5. The first kappa shape index (κ1) is 21.0. The minimum absolute atomic E-state index is 0.159. The van der Waals surface area contributed by atoms with Gasteiger partial charge in [-0.1, -0.05) is 0 Å². The number of nitrogens with one attached hydrogen (secondary N) is 1. The molecule has 0 bridgehead atoms. The number of aromatic nitrogens is 2. The third-order valence-electron chi connectivity index (χ3n) is 5.25. The van der Waals surface area contributed by atoms with Crippen molar-refractivity contribution in [1.82, 2.24) is 15.3 Å². The summed E-state index contributed by atoms with van der Waals surface area (Å²) < 4.78 is 14.5. The fourth-order valence-corrected chi connectivity index (χ4v) is 3.60. The van der Waals surface area contributed by atoms with Crippen LogP contribution in [0.2, 0.25) is 0 Å². The Labute approximate surface area is 169 Å². The summed E-state index contributed by atoms with van der Waals surface area (Å²) in [4.78, 5) is 10.7. The standard InChI is InChI=1S/C20H28FN7O/c1-25-8-13(7-22)14-4-15(17(23)5-16(14)21)20(24)18-6-19(27-11-26-18)28-3-2-12(9-28)10-29/h4-6,8,11-12,20,25,29H,2-3,7,9-10,22-24H2,1H3/b13-8+/t12-,20?/m1/s1. The first-order valence-corrected chi connectivity index (χ1v) is 9.57. The lowest BCUT2D eigenvalue weighted by atomic mass is 9.96. The molecule has 1 unspecified atom stereocenters. The molecule has 3 rings (SSSR count). The lowest BCUT2D eigenvalue weighted by molar-refractivity contribution is 0.238. The van der Waals surface area contributed by atoms with E-state index in [2.05, 4.69) is 20.2 Å². The zero-order valence-corrected chi connectivity index (χ0v) is 16.5. The van der Waals surface area contributed by atoms with Gasteiger partial charge in [0.1, 0.15) is 18.0 Å². The SMILES string of the molecule is CN/C=C(\CN)c1cc(C(N)c2cc(N3CC[C@@H](CO)C3)ncn2)c(N)cc1F. The summed E-state index contributed by atoms with van der Waals surface area (Å²) in [6.07, 6.45) is 4.02. The van der Waals surface area contributed by atoms with E-state index in [-0.39, 0.29) is 24.8 Å². The Bertz CT molecular complexity index is 889. The number of benzene rings is 1. The molecule has 2 aromatic rings. The summed E-state index contributed by atoms with van der Waals surface area (Å²) in [5, 5.41) is 12.2. The van der Waals surface area contributed by atoms with E-state index in [1.807, 2.05) is 6.07 Å². The zero-order valence-electron chi connectivity index (χ0n) is 16.5. The molecule has 1 fully saturated rings. The highest BCUT2D eigenvalue weighted by molar-refractivity contribution is 5.70. The number of nitrogens with two attached hydrogens (primary N) is 3. The van der Waals surface area contributed by atoms with Gasteiger partial charge in [-0.25, -0.2) is 14.4 Å². The van der Waals surface area contributed by atoms with Crippen molar-refractivity contribution in [3.63, 3.8) is 0 Å². The number of aliphatic hydroxyl groups is 1. The van der Waals surface area contributed by atoms with Gasteiger partial charge in [0, 0.05) is 62.7 Å². The van der Waals surface area contributed by atoms with Crippen LogP contribution >= 0.6 is 0 Å². The molecule has 1 saturated heterocycles. The summed E-state index contributed by atoms with van der Waals surface area (Å²) in [5.41, 5.74) is 20.6. The van der Waals surface area contributed by atoms with Crippen molar-refractivity contribution in [1.29, 1.82) is 0 Å². The number of anilines is 2. The van der Waals surface area contributed by atoms with E-state index in [1.54, 1.807) is 19.3 Å². The average Bonchev–Trinajstić information content (AvgIpc) is 3.21. The molecule has 156 valence electrons. The molecular weight excluding hydrogens is 373 g/mol. The van der Waals surface area contributed by atoms with Gasteiger partial charge in [0.25, 0.3) is 0 Å². The van der Waals surface area contributed by atoms with Crippen LogP contribution in [0.1, 0.15) is 29.3 Å². The van der Waals surface area contributed by atoms with E-state index >= 15 is 0 Å². The normalized spacial score (nSPS) is 18.2. The Kier molecular flexibility index (Phi) is 6.63. The lowest BCUT2D eigenvalue weighted by Crippen LogP contribution is -2.23. The van der Waals surface area contributed by atoms with Crippen LogP contribution in [0.25, 0.3) is 5.57 Å². The molecular formula is C20H28FN7O. The summed E-state index contributed by atoms with van der Waals surface area (Å²) >= 11 is 0. The van der Waals surface area contributed by atoms with Crippen LogP contribution in [0.3, 0.4) is 0 Å². The first-order chi connectivity index (χ1) is 14.0. The van der Waals surface area contributed by atoms with Gasteiger partial charge >= 0.3 is 0 Å². The van der Waals surface area contributed by atoms with Crippen molar-refractivity contribution in [2.45, 2.75) is 12.5 Å². The van der Waals surface area contributed by atoms with Crippen molar-refractivity contribution in [3.8, 4) is 0 Å². The fraction of sp³-hybridized carbons (Fsp3) is 0.400. The molecule has 8 nitrogen and oxygen atoms in total. The number of rotatable bonds is 7. The third-order valence-corrected chi connectivity index (χ3v) is 5.25. The molecule has 0 amide bonds. The van der Waals surface area contributed by atoms with E-state index in [9.17, 15) is 9.50 Å². The summed E-state index contributed by atoms with van der Waals surface area (Å²) in [6, 6.07) is 4.06. The minimum Gasteiger partial charge on any atom is -0.398 e. The average molecular weight is 401 g/mol. The molecule has 9 heteroatoms. The highest BCUT2D eigenvalue weighted by atomic mass is 19.1. The molecule has 0 aliphatic carbocycles. The lowest BCUT2D eigenvalue weighted by Gasteiger charge is -2.20. The molecule has 2 heterocycles. The Balaban J connectivity index is 1.93. The topological polar surface area (TPSA) is 139 Å². The number of aliphatic hydroxyl groups excluding tert-OH is 1. The van der Waals surface area contributed by atoms with E-state index < -0.39 is 11.9 Å². The van der Waals surface area contributed by atoms with Crippen LogP contribution in [-0.4, -0.2) is 48.4 Å². The van der Waals surface area contributed by atoms with Gasteiger partial charge in [-0.15, -0.1) is 0 Å². The van der Waals surface area contributed by atoms with E-state index in [0.29, 0.717) is 22.4 Å². The molecule has 0 radical (unpaired) electrons. The van der Waals surface area contributed by atoms with Crippen molar-refractivity contribution >= 4 is 17.1 Å². The zero-order chi connectivity index (χ0) is 21.0. The van der Waals surface area contributed by atoms with Crippen LogP contribution in [0.15, 0.2) is 30.7 Å². The maximum atomic E-state index is 14.5. The first-order valence-electron chi connectivity index (χ1n) is 9.57. The Morgan fingerprint density at radius 1 is 1.41 bits per heavy atom. The Hall–Kier alpha value is -2.75. The van der Waals surface area contributed by atoms with Crippen LogP contribution in [0.4, 0.5) is 15.9 Å². The second-order valence-corrected chi connectivity index (χ2v) is 7.19. The fourth-order valence-electron chi connectivity index (χ4n) is 3.60. The Morgan fingerprint density at radius 3 is 2.86 bits per heavy atom. The maximum Gasteiger partial charge on any atom is 0.132 e. The van der Waals surface area contributed by atoms with Crippen LogP contribution in [0, 0.1) is 11.7 Å². The summed E-state index contributed by atoms with van der Waals surface area (Å²) in [5.74, 6) is 0.534. The number of hydrogen-bond acceptors (Lipinski definition) is 8. The molecule has 1 aromatic heterocycles. The smallest absolute Gasteiger partial charge is 0.132 e.